The van der Waals surface area contributed by atoms with Gasteiger partial charge in [0.15, 0.2) is 0 Å². The Hall–Kier alpha value is 1.74. The predicted molar refractivity (Wildman–Crippen MR) is 63.6 cm³/mol. The van der Waals surface area contributed by atoms with Gasteiger partial charge in [0, 0.05) is 66.3 Å². The van der Waals surface area contributed by atoms with Crippen molar-refractivity contribution in [1.82, 2.24) is 0 Å². The Bertz CT molecular complexity index is 121. The van der Waals surface area contributed by atoms with Crippen molar-refractivity contribution in [3.05, 3.63) is 0 Å². The van der Waals surface area contributed by atoms with Gasteiger partial charge in [-0.15, -0.1) is 0 Å². The summed E-state index contributed by atoms with van der Waals surface area (Å²) in [6.07, 6.45) is -0.489. The van der Waals surface area contributed by atoms with Crippen molar-refractivity contribution in [1.29, 1.82) is 0 Å². The first-order valence-electron chi connectivity index (χ1n) is 3.50. The molecule has 1 aliphatic rings. The van der Waals surface area contributed by atoms with Crippen LogP contribution in [-0.2, 0) is 0 Å². The molecule has 0 saturated carbocycles. The lowest BCUT2D eigenvalue weighted by Gasteiger charge is -2.21. The van der Waals surface area contributed by atoms with Gasteiger partial charge in [0.2, 0.25) is 0 Å². The second-order valence-electron chi connectivity index (χ2n) is 2.25. The molecular weight excluding hydrogens is 261 g/mol. The molecular formula is C3H9Si8. The normalized spacial score (nSPS) is 24.3. The van der Waals surface area contributed by atoms with E-state index in [1.54, 1.807) is 8.55 Å². The van der Waals surface area contributed by atoms with Crippen LogP contribution in [0.3, 0.4) is 0 Å². The molecule has 0 spiro atoms. The molecule has 8 heteroatoms. The molecule has 13 radical (unpaired) electrons. The van der Waals surface area contributed by atoms with E-state index in [2.05, 4.69) is 19.6 Å². The minimum Gasteiger partial charge on any atom is -0.0761 e. The van der Waals surface area contributed by atoms with E-state index >= 15 is 0 Å². The molecule has 1 saturated heterocycles. The zero-order valence-electron chi connectivity index (χ0n) is 7.00. The highest BCUT2D eigenvalue weighted by Crippen LogP contribution is 2.03. The fourth-order valence-electron chi connectivity index (χ4n) is 0.906. The quantitative estimate of drug-likeness (QED) is 0.559. The second-order valence-corrected chi connectivity index (χ2v) is 47.2. The van der Waals surface area contributed by atoms with Crippen LogP contribution in [0.15, 0.2) is 0 Å². The van der Waals surface area contributed by atoms with Crippen molar-refractivity contribution in [3.63, 3.8) is 0 Å². The third-order valence-electron chi connectivity index (χ3n) is 1.69. The van der Waals surface area contributed by atoms with E-state index in [1.165, 1.54) is 44.2 Å². The van der Waals surface area contributed by atoms with E-state index in [0.29, 0.717) is 0 Å². The Morgan fingerprint density at radius 3 is 2.09 bits per heavy atom. The Morgan fingerprint density at radius 2 is 1.82 bits per heavy atom. The topological polar surface area (TPSA) is 0 Å². The standard InChI is InChI=1S/C3H9Si8/c1-4-10-7-8-11(5-2,6-3)9-10/h1-3H3. The Labute approximate surface area is 85.6 Å². The molecule has 0 N–H and O–H groups in total. The second kappa shape index (κ2) is 4.83. The van der Waals surface area contributed by atoms with Gasteiger partial charge in [0.25, 0.3) is 0 Å². The van der Waals surface area contributed by atoms with E-state index in [1.807, 2.05) is 0 Å². The maximum Gasteiger partial charge on any atom is 0.0148 e. The molecule has 0 aromatic rings. The molecule has 1 heterocycles. The van der Waals surface area contributed by atoms with Crippen molar-refractivity contribution in [2.75, 3.05) is 0 Å². The maximum absolute atomic E-state index is 2.50. The first-order valence-corrected chi connectivity index (χ1v) is 22.5. The molecule has 0 unspecified atom stereocenters. The van der Waals surface area contributed by atoms with Gasteiger partial charge < -0.3 is 0 Å². The van der Waals surface area contributed by atoms with Crippen molar-refractivity contribution in [2.24, 2.45) is 0 Å². The van der Waals surface area contributed by atoms with Crippen LogP contribution in [0.2, 0.25) is 19.6 Å². The molecule has 0 aliphatic carbocycles. The monoisotopic (exact) mass is 269 g/mol. The fraction of sp³-hybridized carbons (Fsp3) is 1.00. The first-order chi connectivity index (χ1) is 5.26. The van der Waals surface area contributed by atoms with Crippen LogP contribution in [0.4, 0.5) is 0 Å². The fourth-order valence-corrected chi connectivity index (χ4v) is 132. The minimum absolute atomic E-state index is 0.290. The molecule has 0 bridgehead atoms. The van der Waals surface area contributed by atoms with Gasteiger partial charge in [-0.3, -0.25) is 0 Å². The number of hydrogen-bond acceptors (Lipinski definition) is 0. The molecule has 11 heavy (non-hydrogen) atoms. The molecule has 0 nitrogen and oxygen atoms in total. The third kappa shape index (κ3) is 2.59. The molecule has 53 valence electrons. The average molecular weight is 270 g/mol. The van der Waals surface area contributed by atoms with Gasteiger partial charge in [-0.1, -0.05) is 19.6 Å². The summed E-state index contributed by atoms with van der Waals surface area (Å²) in [5, 5.41) is 0. The van der Waals surface area contributed by atoms with Gasteiger partial charge in [0.1, 0.15) is 0 Å². The van der Waals surface area contributed by atoms with Crippen molar-refractivity contribution in [2.45, 2.75) is 19.6 Å². The summed E-state index contributed by atoms with van der Waals surface area (Å²) in [5.74, 6) is 0. The lowest BCUT2D eigenvalue weighted by atomic mass is 11.9. The van der Waals surface area contributed by atoms with Gasteiger partial charge in [-0.05, 0) is 0 Å². The number of hydrogen-bond donors (Lipinski definition) is 0. The average Bonchev–Trinajstić information content (AvgIpc) is 2.49. The van der Waals surface area contributed by atoms with Gasteiger partial charge in [0.05, 0.1) is 0 Å². The van der Waals surface area contributed by atoms with Crippen LogP contribution < -0.4 is 0 Å². The Kier molecular flexibility index (Phi) is 4.75. The molecule has 0 amide bonds. The lowest BCUT2D eigenvalue weighted by Crippen LogP contribution is -2.57. The summed E-state index contributed by atoms with van der Waals surface area (Å²) in [5.41, 5.74) is 0. The highest BCUT2D eigenvalue weighted by Gasteiger charge is 2.39. The van der Waals surface area contributed by atoms with Gasteiger partial charge in [-0.25, -0.2) is 0 Å². The molecule has 1 fully saturated rings. The van der Waals surface area contributed by atoms with E-state index in [9.17, 15) is 0 Å². The van der Waals surface area contributed by atoms with Crippen molar-refractivity contribution in [3.8, 4) is 0 Å². The SMILES string of the molecule is C[Si][Si]1[Si][Si][Si]([Si]C)([Si]C)[Si]1. The zero-order valence-corrected chi connectivity index (χ0v) is 15.0. The Balaban J connectivity index is 2.48. The molecule has 0 aromatic heterocycles. The number of rotatable bonds is 3. The van der Waals surface area contributed by atoms with Crippen LogP contribution in [0, 0.1) is 0 Å². The molecule has 0 aromatic carbocycles. The van der Waals surface area contributed by atoms with Crippen LogP contribution in [0.25, 0.3) is 0 Å². The van der Waals surface area contributed by atoms with E-state index < -0.39 is 6.14 Å². The summed E-state index contributed by atoms with van der Waals surface area (Å²) in [7, 11) is 8.99. The maximum atomic E-state index is 2.50. The van der Waals surface area contributed by atoms with Crippen molar-refractivity contribution >= 4 is 66.3 Å². The van der Waals surface area contributed by atoms with Crippen LogP contribution in [0.5, 0.6) is 0 Å². The minimum atomic E-state index is -0.489. The van der Waals surface area contributed by atoms with Crippen LogP contribution in [-0.4, -0.2) is 66.3 Å². The summed E-state index contributed by atoms with van der Waals surface area (Å²) in [6.45, 7) is 7.45. The molecule has 1 aliphatic heterocycles. The Morgan fingerprint density at radius 1 is 1.18 bits per heavy atom. The van der Waals surface area contributed by atoms with E-state index in [0.717, 1.165) is 0 Å². The summed E-state index contributed by atoms with van der Waals surface area (Å²) in [4.78, 5) is 0. The highest BCUT2D eigenvalue weighted by atomic mass is 30.4. The first kappa shape index (κ1) is 10.8. The lowest BCUT2D eigenvalue weighted by molar-refractivity contribution is 2.33. The van der Waals surface area contributed by atoms with Crippen LogP contribution in [0.1, 0.15) is 0 Å². The van der Waals surface area contributed by atoms with Gasteiger partial charge in [-0.2, -0.15) is 0 Å². The largest absolute Gasteiger partial charge is 0.0761 e. The predicted octanol–water partition coefficient (Wildman–Crippen LogP) is -1.30. The third-order valence-corrected chi connectivity index (χ3v) is 82.7. The smallest absolute Gasteiger partial charge is 0.0148 e. The molecule has 0 atom stereocenters. The van der Waals surface area contributed by atoms with E-state index in [4.69, 9.17) is 0 Å². The van der Waals surface area contributed by atoms with Crippen LogP contribution >= 0.6 is 0 Å². The highest BCUT2D eigenvalue weighted by molar-refractivity contribution is 8.10. The summed E-state index contributed by atoms with van der Waals surface area (Å²) < 4.78 is 0. The van der Waals surface area contributed by atoms with Gasteiger partial charge >= 0.3 is 0 Å². The zero-order chi connectivity index (χ0) is 8.32. The van der Waals surface area contributed by atoms with E-state index in [-0.39, 0.29) is 7.35 Å². The summed E-state index contributed by atoms with van der Waals surface area (Å²) >= 11 is 0. The molecule has 1 rings (SSSR count). The summed E-state index contributed by atoms with van der Waals surface area (Å²) in [6, 6.07) is 0. The van der Waals surface area contributed by atoms with Crippen molar-refractivity contribution < 1.29 is 0 Å².